The number of benzene rings is 1. The average Bonchev–Trinajstić information content (AvgIpc) is 2.53. The highest BCUT2D eigenvalue weighted by Gasteiger charge is 2.29. The molecule has 1 unspecified atom stereocenters. The van der Waals surface area contributed by atoms with Gasteiger partial charge in [0.1, 0.15) is 0 Å². The van der Waals surface area contributed by atoms with Gasteiger partial charge in [-0.3, -0.25) is 4.79 Å². The van der Waals surface area contributed by atoms with Crippen LogP contribution in [0.2, 0.25) is 0 Å². The Morgan fingerprint density at radius 3 is 2.80 bits per heavy atom. The molecule has 0 spiro atoms. The predicted molar refractivity (Wildman–Crippen MR) is 63.8 cm³/mol. The Kier molecular flexibility index (Phi) is 2.80. The Hall–Kier alpha value is -0.870. The topological polar surface area (TPSA) is 46.3 Å². The molecular formula is C11H13BrN2O. The van der Waals surface area contributed by atoms with Crippen molar-refractivity contribution in [2.45, 2.75) is 19.4 Å². The molecule has 1 heterocycles. The first-order valence-electron chi connectivity index (χ1n) is 4.92. The maximum Gasteiger partial charge on any atom is 0.243 e. The quantitative estimate of drug-likeness (QED) is 0.845. The van der Waals surface area contributed by atoms with Gasteiger partial charge in [0.2, 0.25) is 5.91 Å². The minimum Gasteiger partial charge on any atom is -0.320 e. The van der Waals surface area contributed by atoms with Gasteiger partial charge in [0.25, 0.3) is 0 Å². The fourth-order valence-electron chi connectivity index (χ4n) is 1.71. The van der Waals surface area contributed by atoms with Gasteiger partial charge in [-0.1, -0.05) is 22.0 Å². The minimum atomic E-state index is -0.329. The van der Waals surface area contributed by atoms with E-state index in [4.69, 9.17) is 5.73 Å². The molecule has 0 saturated carbocycles. The molecule has 1 atom stereocenters. The first-order valence-corrected chi connectivity index (χ1v) is 5.72. The zero-order valence-electron chi connectivity index (χ0n) is 8.53. The lowest BCUT2D eigenvalue weighted by Gasteiger charge is -2.16. The third-order valence-electron chi connectivity index (χ3n) is 2.71. The Morgan fingerprint density at radius 1 is 1.53 bits per heavy atom. The van der Waals surface area contributed by atoms with E-state index in [2.05, 4.69) is 15.9 Å². The SMILES string of the molecule is Cc1ccc(N2CCC(N)C2=O)cc1Br. The van der Waals surface area contributed by atoms with Crippen LogP contribution in [0.3, 0.4) is 0 Å². The lowest BCUT2D eigenvalue weighted by Crippen LogP contribution is -2.33. The van der Waals surface area contributed by atoms with Crippen LogP contribution < -0.4 is 10.6 Å². The Labute approximate surface area is 97.4 Å². The summed E-state index contributed by atoms with van der Waals surface area (Å²) in [5, 5.41) is 0. The Balaban J connectivity index is 2.31. The summed E-state index contributed by atoms with van der Waals surface area (Å²) in [6, 6.07) is 5.59. The Bertz CT molecular complexity index is 406. The van der Waals surface area contributed by atoms with Crippen molar-refractivity contribution in [2.75, 3.05) is 11.4 Å². The molecule has 1 aliphatic rings. The maximum absolute atomic E-state index is 11.7. The number of hydrogen-bond donors (Lipinski definition) is 1. The van der Waals surface area contributed by atoms with Gasteiger partial charge < -0.3 is 10.6 Å². The number of carbonyl (C=O) groups excluding carboxylic acids is 1. The van der Waals surface area contributed by atoms with Gasteiger partial charge in [-0.2, -0.15) is 0 Å². The Morgan fingerprint density at radius 2 is 2.27 bits per heavy atom. The number of amides is 1. The fraction of sp³-hybridized carbons (Fsp3) is 0.364. The number of nitrogens with two attached hydrogens (primary N) is 1. The second kappa shape index (κ2) is 3.94. The predicted octanol–water partition coefficient (Wildman–Crippen LogP) is 1.82. The number of halogens is 1. The van der Waals surface area contributed by atoms with Crippen molar-refractivity contribution in [2.24, 2.45) is 5.73 Å². The normalized spacial score (nSPS) is 21.1. The van der Waals surface area contributed by atoms with Crippen LogP contribution in [0, 0.1) is 6.92 Å². The number of rotatable bonds is 1. The molecule has 80 valence electrons. The van der Waals surface area contributed by atoms with Gasteiger partial charge >= 0.3 is 0 Å². The third-order valence-corrected chi connectivity index (χ3v) is 3.57. The van der Waals surface area contributed by atoms with Crippen LogP contribution in [0.15, 0.2) is 22.7 Å². The van der Waals surface area contributed by atoms with Gasteiger partial charge in [-0.15, -0.1) is 0 Å². The van der Waals surface area contributed by atoms with Crippen LogP contribution in [0.1, 0.15) is 12.0 Å². The molecule has 1 aromatic carbocycles. The van der Waals surface area contributed by atoms with Gasteiger partial charge in [0.15, 0.2) is 0 Å². The van der Waals surface area contributed by atoms with Crippen molar-refractivity contribution in [3.8, 4) is 0 Å². The minimum absolute atomic E-state index is 0.0192. The number of hydrogen-bond acceptors (Lipinski definition) is 2. The molecule has 2 N–H and O–H groups in total. The van der Waals surface area contributed by atoms with Crippen LogP contribution >= 0.6 is 15.9 Å². The zero-order chi connectivity index (χ0) is 11.0. The summed E-state index contributed by atoms with van der Waals surface area (Å²) < 4.78 is 1.02. The van der Waals surface area contributed by atoms with Crippen molar-refractivity contribution < 1.29 is 4.79 Å². The second-order valence-corrected chi connectivity index (χ2v) is 4.67. The molecule has 1 saturated heterocycles. The molecule has 0 aliphatic carbocycles. The first kappa shape index (κ1) is 10.6. The average molecular weight is 269 g/mol. The van der Waals surface area contributed by atoms with Gasteiger partial charge in [0, 0.05) is 16.7 Å². The van der Waals surface area contributed by atoms with Crippen molar-refractivity contribution in [1.29, 1.82) is 0 Å². The van der Waals surface area contributed by atoms with Crippen molar-refractivity contribution in [3.05, 3.63) is 28.2 Å². The highest BCUT2D eigenvalue weighted by atomic mass is 79.9. The summed E-state index contributed by atoms with van der Waals surface area (Å²) in [5.41, 5.74) is 7.75. The molecule has 0 bridgehead atoms. The monoisotopic (exact) mass is 268 g/mol. The highest BCUT2D eigenvalue weighted by Crippen LogP contribution is 2.26. The van der Waals surface area contributed by atoms with Crippen molar-refractivity contribution in [1.82, 2.24) is 0 Å². The van der Waals surface area contributed by atoms with Gasteiger partial charge in [0.05, 0.1) is 6.04 Å². The molecule has 1 aromatic rings. The molecule has 15 heavy (non-hydrogen) atoms. The fourth-order valence-corrected chi connectivity index (χ4v) is 2.07. The summed E-state index contributed by atoms with van der Waals surface area (Å²) in [7, 11) is 0. The standard InChI is InChI=1S/C11H13BrN2O/c1-7-2-3-8(6-9(7)12)14-5-4-10(13)11(14)15/h2-3,6,10H,4-5,13H2,1H3. The van der Waals surface area contributed by atoms with Crippen LogP contribution in [-0.2, 0) is 4.79 Å². The summed E-state index contributed by atoms with van der Waals surface area (Å²) in [6.45, 7) is 2.74. The van der Waals surface area contributed by atoms with Crippen LogP contribution in [0.4, 0.5) is 5.69 Å². The summed E-state index contributed by atoms with van der Waals surface area (Å²) >= 11 is 3.46. The van der Waals surface area contributed by atoms with E-state index < -0.39 is 0 Å². The smallest absolute Gasteiger partial charge is 0.243 e. The lowest BCUT2D eigenvalue weighted by atomic mass is 10.2. The van der Waals surface area contributed by atoms with Gasteiger partial charge in [-0.05, 0) is 31.0 Å². The van der Waals surface area contributed by atoms with E-state index in [0.717, 1.165) is 28.7 Å². The molecule has 4 heteroatoms. The van der Waals surface area contributed by atoms with Crippen LogP contribution in [-0.4, -0.2) is 18.5 Å². The van der Waals surface area contributed by atoms with E-state index in [0.29, 0.717) is 0 Å². The summed E-state index contributed by atoms with van der Waals surface area (Å²) in [5.74, 6) is 0.0192. The molecule has 2 rings (SSSR count). The third kappa shape index (κ3) is 1.92. The molecule has 1 aliphatic heterocycles. The van der Waals surface area contributed by atoms with E-state index >= 15 is 0 Å². The molecule has 0 aromatic heterocycles. The lowest BCUT2D eigenvalue weighted by molar-refractivity contribution is -0.118. The van der Waals surface area contributed by atoms with Crippen LogP contribution in [0.25, 0.3) is 0 Å². The number of anilines is 1. The molecule has 0 radical (unpaired) electrons. The van der Waals surface area contributed by atoms with Crippen molar-refractivity contribution >= 4 is 27.5 Å². The molecule has 1 fully saturated rings. The highest BCUT2D eigenvalue weighted by molar-refractivity contribution is 9.10. The van der Waals surface area contributed by atoms with Gasteiger partial charge in [-0.25, -0.2) is 0 Å². The number of carbonyl (C=O) groups is 1. The number of aryl methyl sites for hydroxylation is 1. The zero-order valence-corrected chi connectivity index (χ0v) is 10.1. The van der Waals surface area contributed by atoms with E-state index in [-0.39, 0.29) is 11.9 Å². The van der Waals surface area contributed by atoms with E-state index in [1.807, 2.05) is 25.1 Å². The molecule has 1 amide bonds. The number of nitrogens with zero attached hydrogens (tertiary/aromatic N) is 1. The summed E-state index contributed by atoms with van der Waals surface area (Å²) in [6.07, 6.45) is 0.740. The maximum atomic E-state index is 11.7. The molecule has 3 nitrogen and oxygen atoms in total. The van der Waals surface area contributed by atoms with E-state index in [1.165, 1.54) is 0 Å². The largest absolute Gasteiger partial charge is 0.320 e. The first-order chi connectivity index (χ1) is 7.09. The molecular weight excluding hydrogens is 256 g/mol. The van der Waals surface area contributed by atoms with Crippen molar-refractivity contribution in [3.63, 3.8) is 0 Å². The van der Waals surface area contributed by atoms with Crippen LogP contribution in [0.5, 0.6) is 0 Å². The van der Waals surface area contributed by atoms with E-state index in [1.54, 1.807) is 4.90 Å². The second-order valence-electron chi connectivity index (χ2n) is 3.82. The summed E-state index contributed by atoms with van der Waals surface area (Å²) in [4.78, 5) is 13.4. The van der Waals surface area contributed by atoms with E-state index in [9.17, 15) is 4.79 Å².